The molecule has 2 aromatic heterocycles. The van der Waals surface area contributed by atoms with Crippen LogP contribution in [-0.2, 0) is 22.4 Å². The lowest BCUT2D eigenvalue weighted by atomic mass is 10.0. The maximum Gasteiger partial charge on any atom is 0.416 e. The van der Waals surface area contributed by atoms with Crippen LogP contribution >= 0.6 is 11.3 Å². The van der Waals surface area contributed by atoms with Crippen molar-refractivity contribution >= 4 is 48.9 Å². The number of anilines is 1. The van der Waals surface area contributed by atoms with Gasteiger partial charge in [-0.3, -0.25) is 4.90 Å². The second-order valence-corrected chi connectivity index (χ2v) is 12.4. The van der Waals surface area contributed by atoms with Gasteiger partial charge in [-0.1, -0.05) is 24.3 Å². The fraction of sp³-hybridized carbons (Fsp3) is 0.280. The van der Waals surface area contributed by atoms with Crippen molar-refractivity contribution in [1.82, 2.24) is 24.6 Å². The molecule has 1 atom stereocenters. The quantitative estimate of drug-likeness (QED) is 0.359. The van der Waals surface area contributed by atoms with Crippen molar-refractivity contribution in [1.29, 1.82) is 0 Å². The number of nitrogens with zero attached hydrogens (tertiary/aromatic N) is 5. The van der Waals surface area contributed by atoms with Crippen LogP contribution in [0.5, 0.6) is 0 Å². The highest BCUT2D eigenvalue weighted by atomic mass is 32.2. The fourth-order valence-corrected chi connectivity index (χ4v) is 5.89. The van der Waals surface area contributed by atoms with Gasteiger partial charge in [-0.25, -0.2) is 14.0 Å². The number of thiazole rings is 1. The number of para-hydroxylation sites is 1. The number of carbonyl (C=O) groups excluding carboxylic acids is 1. The molecule has 38 heavy (non-hydrogen) atoms. The SMILES string of the molecule is C=S(C)(=O)Nc1cnn(C(=O)N2CCN(Cc3ccc(-c4nc5ccccc5s4)cc3C(F)(F)F)CC2)c1. The number of piperazine rings is 1. The van der Waals surface area contributed by atoms with Crippen LogP contribution in [0.3, 0.4) is 0 Å². The molecule has 1 amide bonds. The molecule has 3 heterocycles. The molecule has 0 radical (unpaired) electrons. The van der Waals surface area contributed by atoms with Gasteiger partial charge in [-0.05, 0) is 29.6 Å². The van der Waals surface area contributed by atoms with Crippen molar-refractivity contribution in [3.8, 4) is 10.6 Å². The molecule has 1 aliphatic rings. The maximum absolute atomic E-state index is 14.0. The number of halogens is 3. The summed E-state index contributed by atoms with van der Waals surface area (Å²) in [5, 5.41) is 4.56. The lowest BCUT2D eigenvalue weighted by molar-refractivity contribution is -0.138. The van der Waals surface area contributed by atoms with Crippen molar-refractivity contribution in [2.24, 2.45) is 0 Å². The number of rotatable bonds is 5. The van der Waals surface area contributed by atoms with Crippen LogP contribution in [0.15, 0.2) is 54.9 Å². The van der Waals surface area contributed by atoms with E-state index in [-0.39, 0.29) is 18.1 Å². The number of amides is 1. The average Bonchev–Trinajstić information content (AvgIpc) is 3.49. The molecule has 0 spiro atoms. The lowest BCUT2D eigenvalue weighted by Gasteiger charge is -2.34. The van der Waals surface area contributed by atoms with Gasteiger partial charge in [-0.2, -0.15) is 23.0 Å². The molecule has 1 aliphatic heterocycles. The Balaban J connectivity index is 1.27. The monoisotopic (exact) mass is 562 g/mol. The smallest absolute Gasteiger partial charge is 0.320 e. The largest absolute Gasteiger partial charge is 0.416 e. The second-order valence-electron chi connectivity index (χ2n) is 9.18. The molecule has 2 aromatic carbocycles. The van der Waals surface area contributed by atoms with Crippen LogP contribution in [-0.4, -0.2) is 73.1 Å². The van der Waals surface area contributed by atoms with Crippen molar-refractivity contribution in [2.75, 3.05) is 37.2 Å². The Hall–Kier alpha value is -3.42. The van der Waals surface area contributed by atoms with E-state index in [1.165, 1.54) is 42.1 Å². The van der Waals surface area contributed by atoms with Crippen LogP contribution in [0.1, 0.15) is 11.1 Å². The minimum atomic E-state index is -4.51. The van der Waals surface area contributed by atoms with Gasteiger partial charge >= 0.3 is 12.2 Å². The zero-order chi connectivity index (χ0) is 27.1. The van der Waals surface area contributed by atoms with E-state index < -0.39 is 21.4 Å². The Labute approximate surface area is 221 Å². The Morgan fingerprint density at radius 2 is 1.89 bits per heavy atom. The number of fused-ring (bicyclic) bond motifs is 1. The molecule has 1 unspecified atom stereocenters. The van der Waals surface area contributed by atoms with E-state index in [1.54, 1.807) is 11.0 Å². The van der Waals surface area contributed by atoms with Gasteiger partial charge in [0.1, 0.15) is 5.01 Å². The molecule has 0 aliphatic carbocycles. The van der Waals surface area contributed by atoms with Gasteiger partial charge in [-0.15, -0.1) is 11.3 Å². The van der Waals surface area contributed by atoms with E-state index in [4.69, 9.17) is 0 Å². The fourth-order valence-electron chi connectivity index (χ4n) is 4.32. The van der Waals surface area contributed by atoms with Crippen LogP contribution in [0, 0.1) is 0 Å². The lowest BCUT2D eigenvalue weighted by Crippen LogP contribution is -2.49. The van der Waals surface area contributed by atoms with E-state index in [1.807, 2.05) is 29.2 Å². The van der Waals surface area contributed by atoms with E-state index in [2.05, 4.69) is 20.7 Å². The van der Waals surface area contributed by atoms with Crippen molar-refractivity contribution < 1.29 is 22.2 Å². The maximum atomic E-state index is 14.0. The zero-order valence-electron chi connectivity index (χ0n) is 20.4. The minimum absolute atomic E-state index is 0.112. The first-order valence-electron chi connectivity index (χ1n) is 11.7. The number of benzene rings is 2. The van der Waals surface area contributed by atoms with Crippen molar-refractivity contribution in [2.45, 2.75) is 12.7 Å². The van der Waals surface area contributed by atoms with Crippen LogP contribution in [0.4, 0.5) is 23.7 Å². The highest BCUT2D eigenvalue weighted by molar-refractivity contribution is 8.00. The Bertz CT molecular complexity index is 1550. The number of carbonyl (C=O) groups is 1. The van der Waals surface area contributed by atoms with Gasteiger partial charge < -0.3 is 9.62 Å². The van der Waals surface area contributed by atoms with Gasteiger partial charge in [0.25, 0.3) is 0 Å². The first-order chi connectivity index (χ1) is 18.0. The zero-order valence-corrected chi connectivity index (χ0v) is 22.1. The molecule has 200 valence electrons. The molecular formula is C25H25F3N6O2S2. The Morgan fingerprint density at radius 3 is 2.58 bits per heavy atom. The molecule has 0 bridgehead atoms. The summed E-state index contributed by atoms with van der Waals surface area (Å²) in [6.45, 7) is 1.62. The topological polar surface area (TPSA) is 83.4 Å². The molecule has 0 saturated carbocycles. The summed E-state index contributed by atoms with van der Waals surface area (Å²) in [4.78, 5) is 20.8. The van der Waals surface area contributed by atoms with E-state index in [0.717, 1.165) is 14.9 Å². The number of aromatic nitrogens is 3. The van der Waals surface area contributed by atoms with Crippen molar-refractivity contribution in [3.05, 3.63) is 66.0 Å². The number of hydrogen-bond donors (Lipinski definition) is 1. The molecule has 1 fully saturated rings. The number of hydrogen-bond acceptors (Lipinski definition) is 6. The molecular weight excluding hydrogens is 537 g/mol. The summed E-state index contributed by atoms with van der Waals surface area (Å²) >= 11 is 1.36. The molecule has 13 heteroatoms. The van der Waals surface area contributed by atoms with Gasteiger partial charge in [0.2, 0.25) is 0 Å². The number of nitrogens with one attached hydrogen (secondary N) is 1. The summed E-state index contributed by atoms with van der Waals surface area (Å²) in [6, 6.07) is 11.5. The summed E-state index contributed by atoms with van der Waals surface area (Å²) in [6.07, 6.45) is -0.254. The third-order valence-corrected chi connectivity index (χ3v) is 7.86. The van der Waals surface area contributed by atoms with E-state index in [9.17, 15) is 22.2 Å². The van der Waals surface area contributed by atoms with Crippen LogP contribution in [0.2, 0.25) is 0 Å². The molecule has 1 N–H and O–H groups in total. The highest BCUT2D eigenvalue weighted by Gasteiger charge is 2.35. The predicted molar refractivity (Wildman–Crippen MR) is 145 cm³/mol. The summed E-state index contributed by atoms with van der Waals surface area (Å²) < 4.78 is 58.7. The first-order valence-corrected chi connectivity index (χ1v) is 14.6. The minimum Gasteiger partial charge on any atom is -0.320 e. The summed E-state index contributed by atoms with van der Waals surface area (Å²) in [7, 11) is -2.51. The number of alkyl halides is 3. The third kappa shape index (κ3) is 5.84. The Morgan fingerprint density at radius 1 is 1.16 bits per heavy atom. The normalized spacial score (nSPS) is 16.5. The van der Waals surface area contributed by atoms with E-state index in [0.29, 0.717) is 42.4 Å². The van der Waals surface area contributed by atoms with Gasteiger partial charge in [0.15, 0.2) is 0 Å². The summed E-state index contributed by atoms with van der Waals surface area (Å²) in [5.74, 6) is 3.51. The first kappa shape index (κ1) is 26.2. The van der Waals surface area contributed by atoms with Gasteiger partial charge in [0.05, 0.1) is 33.9 Å². The van der Waals surface area contributed by atoms with E-state index >= 15 is 0 Å². The van der Waals surface area contributed by atoms with Crippen molar-refractivity contribution in [3.63, 3.8) is 0 Å². The third-order valence-electron chi connectivity index (χ3n) is 6.11. The van der Waals surface area contributed by atoms with Crippen LogP contribution in [0.25, 0.3) is 20.8 Å². The molecule has 5 rings (SSSR count). The molecule has 4 aromatic rings. The highest BCUT2D eigenvalue weighted by Crippen LogP contribution is 2.37. The average molecular weight is 563 g/mol. The molecule has 1 saturated heterocycles. The van der Waals surface area contributed by atoms with Crippen LogP contribution < -0.4 is 4.72 Å². The standard InChI is InChI=1S/C25H25F3N6O2S2/c1-38(2,36)31-19-14-29-34(16-19)24(35)33-11-9-32(10-12-33)15-18-8-7-17(13-20(18)25(26,27)28)23-30-21-5-3-4-6-22(21)37-23/h3-8,13-14,16H,1,9-12,15H2,2H3,(H,31,36). The summed E-state index contributed by atoms with van der Waals surface area (Å²) in [5.41, 5.74) is 1.10. The Kier molecular flexibility index (Phi) is 6.92. The second kappa shape index (κ2) is 10.0. The predicted octanol–water partition coefficient (Wildman–Crippen LogP) is 4.64. The van der Waals surface area contributed by atoms with Gasteiger partial charge in [0, 0.05) is 54.3 Å². The molecule has 8 nitrogen and oxygen atoms in total.